The van der Waals surface area contributed by atoms with Gasteiger partial charge in [-0.3, -0.25) is 0 Å². The summed E-state index contributed by atoms with van der Waals surface area (Å²) < 4.78 is 6.04. The smallest absolute Gasteiger partial charge is 0.0593 e. The summed E-state index contributed by atoms with van der Waals surface area (Å²) in [4.78, 5) is 0. The quantitative estimate of drug-likeness (QED) is 0.712. The van der Waals surface area contributed by atoms with E-state index in [1.54, 1.807) is 0 Å². The molecule has 2 fully saturated rings. The Morgan fingerprint density at radius 1 is 0.846 bits per heavy atom. The van der Waals surface area contributed by atoms with Crippen LogP contribution in [0.5, 0.6) is 0 Å². The first kappa shape index (κ1) is 9.47. The van der Waals surface area contributed by atoms with Crippen LogP contribution in [-0.2, 0) is 4.74 Å². The van der Waals surface area contributed by atoms with Gasteiger partial charge in [0.15, 0.2) is 0 Å². The fourth-order valence-electron chi connectivity index (χ4n) is 2.60. The average molecular weight is 183 g/mol. The molecule has 2 N–H and O–H groups in total. The van der Waals surface area contributed by atoms with Crippen molar-refractivity contribution in [1.82, 2.24) is 0 Å². The normalized spacial score (nSPS) is 36.7. The van der Waals surface area contributed by atoms with Crippen LogP contribution in [0.15, 0.2) is 0 Å². The maximum Gasteiger partial charge on any atom is 0.0593 e. The van der Waals surface area contributed by atoms with Crippen LogP contribution in [0.3, 0.4) is 0 Å². The van der Waals surface area contributed by atoms with Gasteiger partial charge in [-0.25, -0.2) is 0 Å². The van der Waals surface area contributed by atoms with E-state index in [1.165, 1.54) is 44.9 Å². The van der Waals surface area contributed by atoms with Crippen molar-refractivity contribution in [3.8, 4) is 0 Å². The lowest BCUT2D eigenvalue weighted by atomic mass is 9.93. The maximum absolute atomic E-state index is 6.04. The lowest BCUT2D eigenvalue weighted by Crippen LogP contribution is -2.33. The van der Waals surface area contributed by atoms with E-state index in [9.17, 15) is 0 Å². The molecule has 2 atom stereocenters. The van der Waals surface area contributed by atoms with E-state index < -0.39 is 0 Å². The van der Waals surface area contributed by atoms with E-state index in [0.717, 1.165) is 6.42 Å². The Morgan fingerprint density at radius 3 is 2.23 bits per heavy atom. The van der Waals surface area contributed by atoms with Gasteiger partial charge in [-0.05, 0) is 38.5 Å². The Labute approximate surface area is 80.8 Å². The van der Waals surface area contributed by atoms with E-state index in [4.69, 9.17) is 10.5 Å². The molecular weight excluding hydrogens is 162 g/mol. The number of ether oxygens (including phenoxy) is 1. The molecule has 13 heavy (non-hydrogen) atoms. The fraction of sp³-hybridized carbons (Fsp3) is 1.00. The number of nitrogens with two attached hydrogens (primary N) is 1. The highest BCUT2D eigenvalue weighted by atomic mass is 16.5. The minimum Gasteiger partial charge on any atom is -0.375 e. The minimum absolute atomic E-state index is 0.403. The van der Waals surface area contributed by atoms with Crippen LogP contribution >= 0.6 is 0 Å². The van der Waals surface area contributed by atoms with Gasteiger partial charge in [0.2, 0.25) is 0 Å². The van der Waals surface area contributed by atoms with Crippen LogP contribution in [0.1, 0.15) is 51.4 Å². The first-order valence-electron chi connectivity index (χ1n) is 5.75. The van der Waals surface area contributed by atoms with Gasteiger partial charge >= 0.3 is 0 Å². The molecule has 0 bridgehead atoms. The van der Waals surface area contributed by atoms with Crippen LogP contribution in [-0.4, -0.2) is 18.2 Å². The van der Waals surface area contributed by atoms with Crippen LogP contribution in [0, 0.1) is 0 Å². The lowest BCUT2D eigenvalue weighted by Gasteiger charge is -2.29. The van der Waals surface area contributed by atoms with Crippen LogP contribution in [0.2, 0.25) is 0 Å². The van der Waals surface area contributed by atoms with Crippen molar-refractivity contribution in [2.24, 2.45) is 5.73 Å². The highest BCUT2D eigenvalue weighted by Crippen LogP contribution is 2.27. The molecule has 0 aliphatic heterocycles. The molecule has 0 amide bonds. The zero-order valence-corrected chi connectivity index (χ0v) is 8.37. The van der Waals surface area contributed by atoms with Crippen molar-refractivity contribution in [3.05, 3.63) is 0 Å². The molecule has 2 saturated carbocycles. The van der Waals surface area contributed by atoms with Crippen molar-refractivity contribution in [2.75, 3.05) is 0 Å². The van der Waals surface area contributed by atoms with Crippen molar-refractivity contribution in [3.63, 3.8) is 0 Å². The Kier molecular flexibility index (Phi) is 3.23. The van der Waals surface area contributed by atoms with Crippen molar-refractivity contribution in [2.45, 2.75) is 69.6 Å². The molecule has 2 nitrogen and oxygen atoms in total. The predicted molar refractivity (Wildman–Crippen MR) is 53.6 cm³/mol. The van der Waals surface area contributed by atoms with Gasteiger partial charge in [-0.1, -0.05) is 12.8 Å². The Bertz CT molecular complexity index is 154. The second kappa shape index (κ2) is 4.43. The van der Waals surface area contributed by atoms with E-state index >= 15 is 0 Å². The molecular formula is C11H21NO. The number of hydrogen-bond donors (Lipinski definition) is 1. The van der Waals surface area contributed by atoms with E-state index in [1.807, 2.05) is 0 Å². The van der Waals surface area contributed by atoms with Crippen molar-refractivity contribution < 1.29 is 4.74 Å². The summed E-state index contributed by atoms with van der Waals surface area (Å²) in [5.74, 6) is 0. The first-order chi connectivity index (χ1) is 6.34. The van der Waals surface area contributed by atoms with Gasteiger partial charge in [-0.2, -0.15) is 0 Å². The average Bonchev–Trinajstić information content (AvgIpc) is 2.57. The molecule has 2 heteroatoms. The number of hydrogen-bond acceptors (Lipinski definition) is 2. The fourth-order valence-corrected chi connectivity index (χ4v) is 2.60. The van der Waals surface area contributed by atoms with E-state index in [-0.39, 0.29) is 0 Å². The second-order valence-corrected chi connectivity index (χ2v) is 4.59. The summed E-state index contributed by atoms with van der Waals surface area (Å²) in [6.07, 6.45) is 11.1. The third-order valence-corrected chi connectivity index (χ3v) is 3.35. The summed E-state index contributed by atoms with van der Waals surface area (Å²) in [5, 5.41) is 0. The monoisotopic (exact) mass is 183 g/mol. The molecule has 76 valence electrons. The zero-order valence-electron chi connectivity index (χ0n) is 8.37. The molecule has 2 unspecified atom stereocenters. The highest BCUT2D eigenvalue weighted by molar-refractivity contribution is 4.77. The lowest BCUT2D eigenvalue weighted by molar-refractivity contribution is -0.0292. The van der Waals surface area contributed by atoms with Crippen LogP contribution < -0.4 is 5.73 Å². The summed E-state index contributed by atoms with van der Waals surface area (Å²) in [6, 6.07) is 0.403. The highest BCUT2D eigenvalue weighted by Gasteiger charge is 2.24. The van der Waals surface area contributed by atoms with Gasteiger partial charge in [-0.15, -0.1) is 0 Å². The van der Waals surface area contributed by atoms with Gasteiger partial charge in [0.25, 0.3) is 0 Å². The molecule has 0 radical (unpaired) electrons. The van der Waals surface area contributed by atoms with Crippen LogP contribution in [0.25, 0.3) is 0 Å². The molecule has 0 aromatic rings. The standard InChI is InChI=1S/C11H21NO/c12-9-4-3-7-11(8-9)13-10-5-1-2-6-10/h9-11H,1-8,12H2. The van der Waals surface area contributed by atoms with Crippen LogP contribution in [0.4, 0.5) is 0 Å². The van der Waals surface area contributed by atoms with Gasteiger partial charge in [0, 0.05) is 6.04 Å². The maximum atomic E-state index is 6.04. The zero-order chi connectivity index (χ0) is 9.10. The van der Waals surface area contributed by atoms with Gasteiger partial charge in [0.1, 0.15) is 0 Å². The molecule has 2 aliphatic carbocycles. The Hall–Kier alpha value is -0.0800. The Morgan fingerprint density at radius 2 is 1.54 bits per heavy atom. The number of rotatable bonds is 2. The third kappa shape index (κ3) is 2.68. The van der Waals surface area contributed by atoms with E-state index in [0.29, 0.717) is 18.2 Å². The third-order valence-electron chi connectivity index (χ3n) is 3.35. The Balaban J connectivity index is 1.73. The molecule has 0 heterocycles. The topological polar surface area (TPSA) is 35.2 Å². The van der Waals surface area contributed by atoms with Gasteiger partial charge in [0.05, 0.1) is 12.2 Å². The first-order valence-corrected chi connectivity index (χ1v) is 5.75. The molecule has 2 aliphatic rings. The summed E-state index contributed by atoms with van der Waals surface area (Å²) in [7, 11) is 0. The molecule has 2 rings (SSSR count). The van der Waals surface area contributed by atoms with E-state index in [2.05, 4.69) is 0 Å². The summed E-state index contributed by atoms with van der Waals surface area (Å²) >= 11 is 0. The largest absolute Gasteiger partial charge is 0.375 e. The molecule has 0 spiro atoms. The minimum atomic E-state index is 0.403. The second-order valence-electron chi connectivity index (χ2n) is 4.59. The van der Waals surface area contributed by atoms with Crippen molar-refractivity contribution >= 4 is 0 Å². The summed E-state index contributed by atoms with van der Waals surface area (Å²) in [6.45, 7) is 0. The molecule has 0 aromatic carbocycles. The summed E-state index contributed by atoms with van der Waals surface area (Å²) in [5.41, 5.74) is 5.92. The predicted octanol–water partition coefficient (Wildman–Crippen LogP) is 2.22. The van der Waals surface area contributed by atoms with Gasteiger partial charge < -0.3 is 10.5 Å². The van der Waals surface area contributed by atoms with Crippen molar-refractivity contribution in [1.29, 1.82) is 0 Å². The molecule has 0 aromatic heterocycles. The molecule has 0 saturated heterocycles. The SMILES string of the molecule is NC1CCCC(OC2CCCC2)C1.